The fourth-order valence-electron chi connectivity index (χ4n) is 1.34. The summed E-state index contributed by atoms with van der Waals surface area (Å²) in [6, 6.07) is 0. The van der Waals surface area contributed by atoms with Crippen molar-refractivity contribution in [2.45, 2.75) is 10.5 Å². The maximum atomic E-state index is 12.7. The third-order valence-electron chi connectivity index (χ3n) is 2.14. The molecule has 0 aliphatic heterocycles. The van der Waals surface area contributed by atoms with E-state index in [2.05, 4.69) is 15.0 Å². The van der Waals surface area contributed by atoms with Crippen molar-refractivity contribution in [1.29, 1.82) is 0 Å². The summed E-state index contributed by atoms with van der Waals surface area (Å²) in [6.07, 6.45) is -3.24. The molecule has 2 rings (SSSR count). The van der Waals surface area contributed by atoms with Crippen LogP contribution in [0.4, 0.5) is 19.0 Å². The van der Waals surface area contributed by atoms with Gasteiger partial charge in [-0.1, -0.05) is 11.3 Å². The molecular formula is C9H9F3N4OS2. The maximum Gasteiger partial charge on any atom is 0.451 e. The SMILES string of the molecule is CN(C)c1nc(C(F)(F)F)nc2nc([S+](C)[O-])sc12. The molecule has 10 heteroatoms. The molecule has 0 bridgehead atoms. The fourth-order valence-corrected chi connectivity index (χ4v) is 3.09. The summed E-state index contributed by atoms with van der Waals surface area (Å²) in [7, 11) is 3.15. The van der Waals surface area contributed by atoms with Gasteiger partial charge in [0.1, 0.15) is 11.0 Å². The largest absolute Gasteiger partial charge is 0.610 e. The predicted molar refractivity (Wildman–Crippen MR) is 66.9 cm³/mol. The van der Waals surface area contributed by atoms with E-state index in [1.165, 1.54) is 11.2 Å². The predicted octanol–water partition coefficient (Wildman–Crippen LogP) is 1.91. The van der Waals surface area contributed by atoms with E-state index in [1.807, 2.05) is 0 Å². The second-order valence-corrected chi connectivity index (χ2v) is 6.40. The van der Waals surface area contributed by atoms with Gasteiger partial charge in [0.15, 0.2) is 11.5 Å². The van der Waals surface area contributed by atoms with Crippen molar-refractivity contribution < 1.29 is 17.7 Å². The zero-order valence-corrected chi connectivity index (χ0v) is 11.8. The van der Waals surface area contributed by atoms with Gasteiger partial charge >= 0.3 is 10.5 Å². The van der Waals surface area contributed by atoms with E-state index >= 15 is 0 Å². The van der Waals surface area contributed by atoms with Gasteiger partial charge in [-0.3, -0.25) is 0 Å². The minimum absolute atomic E-state index is 0.0822. The van der Waals surface area contributed by atoms with Gasteiger partial charge in [0.05, 0.1) is 0 Å². The number of hydrogen-bond acceptors (Lipinski definition) is 6. The van der Waals surface area contributed by atoms with Gasteiger partial charge in [-0.25, -0.2) is 9.97 Å². The molecule has 0 aliphatic carbocycles. The summed E-state index contributed by atoms with van der Waals surface area (Å²) >= 11 is -0.337. The molecule has 104 valence electrons. The lowest BCUT2D eigenvalue weighted by molar-refractivity contribution is -0.144. The smallest absolute Gasteiger partial charge is 0.451 e. The van der Waals surface area contributed by atoms with Crippen molar-refractivity contribution in [3.63, 3.8) is 0 Å². The summed E-state index contributed by atoms with van der Waals surface area (Å²) in [4.78, 5) is 12.2. The first-order valence-electron chi connectivity index (χ1n) is 4.96. The molecule has 0 aliphatic rings. The van der Waals surface area contributed by atoms with E-state index in [4.69, 9.17) is 0 Å². The second-order valence-electron chi connectivity index (χ2n) is 3.85. The summed E-state index contributed by atoms with van der Waals surface area (Å²) < 4.78 is 50.1. The van der Waals surface area contributed by atoms with Crippen LogP contribution in [-0.2, 0) is 17.4 Å². The summed E-state index contributed by atoms with van der Waals surface area (Å²) in [5.41, 5.74) is -0.0822. The number of hydrogen-bond donors (Lipinski definition) is 0. The number of fused-ring (bicyclic) bond motifs is 1. The van der Waals surface area contributed by atoms with Crippen LogP contribution in [0.3, 0.4) is 0 Å². The lowest BCUT2D eigenvalue weighted by Crippen LogP contribution is -2.17. The molecule has 19 heavy (non-hydrogen) atoms. The Balaban J connectivity index is 2.73. The topological polar surface area (TPSA) is 65.0 Å². The van der Waals surface area contributed by atoms with Gasteiger partial charge in [-0.15, -0.1) is 0 Å². The highest BCUT2D eigenvalue weighted by Gasteiger charge is 2.36. The summed E-state index contributed by atoms with van der Waals surface area (Å²) in [5.74, 6) is -1.13. The summed E-state index contributed by atoms with van der Waals surface area (Å²) in [6.45, 7) is 0. The van der Waals surface area contributed by atoms with E-state index in [0.29, 0.717) is 4.70 Å². The Hall–Kier alpha value is -1.13. The third kappa shape index (κ3) is 2.74. The number of aromatic nitrogens is 3. The van der Waals surface area contributed by atoms with Crippen molar-refractivity contribution in [1.82, 2.24) is 15.0 Å². The first-order valence-corrected chi connectivity index (χ1v) is 7.34. The minimum Gasteiger partial charge on any atom is -0.610 e. The Labute approximate surface area is 113 Å². The van der Waals surface area contributed by atoms with Crippen LogP contribution in [0, 0.1) is 0 Å². The van der Waals surface area contributed by atoms with Gasteiger partial charge < -0.3 is 9.45 Å². The number of rotatable bonds is 2. The van der Waals surface area contributed by atoms with Crippen LogP contribution in [0.2, 0.25) is 0 Å². The highest BCUT2D eigenvalue weighted by molar-refractivity contribution is 7.92. The number of nitrogens with zero attached hydrogens (tertiary/aromatic N) is 4. The molecule has 0 fully saturated rings. The normalized spacial score (nSPS) is 13.8. The highest BCUT2D eigenvalue weighted by Crippen LogP contribution is 2.34. The monoisotopic (exact) mass is 310 g/mol. The Morgan fingerprint density at radius 1 is 1.21 bits per heavy atom. The van der Waals surface area contributed by atoms with E-state index in [-0.39, 0.29) is 15.8 Å². The highest BCUT2D eigenvalue weighted by atomic mass is 32.2. The molecule has 0 N–H and O–H groups in total. The van der Waals surface area contributed by atoms with Crippen LogP contribution in [-0.4, -0.2) is 39.9 Å². The lowest BCUT2D eigenvalue weighted by atomic mass is 10.4. The quantitative estimate of drug-likeness (QED) is 0.793. The molecule has 1 unspecified atom stereocenters. The van der Waals surface area contributed by atoms with Gasteiger partial charge in [-0.05, 0) is 0 Å². The van der Waals surface area contributed by atoms with Crippen LogP contribution in [0.25, 0.3) is 10.3 Å². The molecule has 0 saturated carbocycles. The number of alkyl halides is 3. The van der Waals surface area contributed by atoms with Crippen LogP contribution in [0.1, 0.15) is 5.82 Å². The number of halogens is 3. The first-order chi connectivity index (χ1) is 8.70. The molecular weight excluding hydrogens is 301 g/mol. The fraction of sp³-hybridized carbons (Fsp3) is 0.444. The van der Waals surface area contributed by atoms with Crippen molar-refractivity contribution >= 4 is 38.7 Å². The molecule has 0 radical (unpaired) electrons. The van der Waals surface area contributed by atoms with Gasteiger partial charge in [0.25, 0.3) is 0 Å². The van der Waals surface area contributed by atoms with Gasteiger partial charge in [0, 0.05) is 25.3 Å². The van der Waals surface area contributed by atoms with E-state index < -0.39 is 23.2 Å². The Morgan fingerprint density at radius 3 is 2.32 bits per heavy atom. The standard InChI is InChI=1S/C9H9F3N4OS2/c1-16(2)6-4-5(14-8(18-4)19(3)17)13-7(15-6)9(10,11)12/h1-3H3. The van der Waals surface area contributed by atoms with Crippen molar-refractivity contribution in [2.24, 2.45) is 0 Å². The van der Waals surface area contributed by atoms with Gasteiger partial charge in [0.2, 0.25) is 5.82 Å². The van der Waals surface area contributed by atoms with E-state index in [0.717, 1.165) is 11.3 Å². The zero-order valence-electron chi connectivity index (χ0n) is 10.1. The second kappa shape index (κ2) is 4.76. The average molecular weight is 310 g/mol. The third-order valence-corrected chi connectivity index (χ3v) is 4.51. The molecule has 1 atom stereocenters. The van der Waals surface area contributed by atoms with Crippen molar-refractivity contribution in [2.75, 3.05) is 25.3 Å². The minimum atomic E-state index is -4.64. The Morgan fingerprint density at radius 2 is 1.84 bits per heavy atom. The van der Waals surface area contributed by atoms with Crippen molar-refractivity contribution in [3.8, 4) is 0 Å². The Kier molecular flexibility index (Phi) is 3.58. The van der Waals surface area contributed by atoms with Gasteiger partial charge in [-0.2, -0.15) is 18.2 Å². The van der Waals surface area contributed by atoms with Crippen LogP contribution < -0.4 is 4.90 Å². The number of thiazole rings is 1. The lowest BCUT2D eigenvalue weighted by Gasteiger charge is -2.13. The van der Waals surface area contributed by atoms with E-state index in [1.54, 1.807) is 14.1 Å². The molecule has 0 saturated heterocycles. The van der Waals surface area contributed by atoms with Crippen LogP contribution in [0.5, 0.6) is 0 Å². The van der Waals surface area contributed by atoms with Crippen LogP contribution in [0.15, 0.2) is 4.34 Å². The zero-order chi connectivity index (χ0) is 14.4. The molecule has 2 heterocycles. The van der Waals surface area contributed by atoms with Crippen LogP contribution >= 0.6 is 11.3 Å². The molecule has 5 nitrogen and oxygen atoms in total. The Bertz CT molecular complexity index is 611. The number of anilines is 1. The molecule has 2 aromatic heterocycles. The van der Waals surface area contributed by atoms with E-state index in [9.17, 15) is 17.7 Å². The summed E-state index contributed by atoms with van der Waals surface area (Å²) in [5, 5.41) is 0. The first kappa shape index (κ1) is 14.3. The molecule has 0 spiro atoms. The molecule has 0 amide bonds. The molecule has 2 aromatic rings. The average Bonchev–Trinajstić information content (AvgIpc) is 2.69. The molecule has 0 aromatic carbocycles. The van der Waals surface area contributed by atoms with Crippen molar-refractivity contribution in [3.05, 3.63) is 5.82 Å². The maximum absolute atomic E-state index is 12.7.